The Kier molecular flexibility index (Phi) is 3.69. The van der Waals surface area contributed by atoms with E-state index in [-0.39, 0.29) is 11.4 Å². The van der Waals surface area contributed by atoms with Crippen LogP contribution in [-0.2, 0) is 6.42 Å². The number of aromatic carboxylic acids is 1. The van der Waals surface area contributed by atoms with E-state index in [0.29, 0.717) is 12.1 Å². The molecule has 6 nitrogen and oxygen atoms in total. The van der Waals surface area contributed by atoms with E-state index in [1.807, 2.05) is 0 Å². The van der Waals surface area contributed by atoms with E-state index < -0.39 is 5.97 Å². The first-order chi connectivity index (χ1) is 9.20. The summed E-state index contributed by atoms with van der Waals surface area (Å²) in [5.74, 6) is -0.861. The second kappa shape index (κ2) is 5.60. The second-order valence-electron chi connectivity index (χ2n) is 3.75. The van der Waals surface area contributed by atoms with Gasteiger partial charge in [0, 0.05) is 11.9 Å². The molecule has 1 aromatic heterocycles. The van der Waals surface area contributed by atoms with Gasteiger partial charge >= 0.3 is 5.97 Å². The Labute approximate surface area is 109 Å². The number of carboxylic acid groups (broad SMARTS) is 1. The minimum absolute atomic E-state index is 0.00333. The zero-order valence-electron chi connectivity index (χ0n) is 9.87. The topological polar surface area (TPSA) is 98.9 Å². The van der Waals surface area contributed by atoms with Crippen molar-refractivity contribution in [1.82, 2.24) is 9.97 Å². The van der Waals surface area contributed by atoms with Crippen molar-refractivity contribution in [2.45, 2.75) is 6.42 Å². The summed E-state index contributed by atoms with van der Waals surface area (Å²) >= 11 is 0. The Morgan fingerprint density at radius 2 is 2.11 bits per heavy atom. The predicted octanol–water partition coefficient (Wildman–Crippen LogP) is 1.98. The number of rotatable bonds is 4. The van der Waals surface area contributed by atoms with Crippen LogP contribution in [0.1, 0.15) is 15.9 Å². The Morgan fingerprint density at radius 3 is 2.74 bits per heavy atom. The quantitative estimate of drug-likeness (QED) is 0.865. The number of anilines is 2. The van der Waals surface area contributed by atoms with Gasteiger partial charge in [-0.15, -0.1) is 0 Å². The molecule has 6 heteroatoms. The van der Waals surface area contributed by atoms with Crippen LogP contribution in [-0.4, -0.2) is 21.0 Å². The van der Waals surface area contributed by atoms with Crippen molar-refractivity contribution >= 4 is 17.5 Å². The monoisotopic (exact) mass is 254 g/mol. The molecule has 0 saturated carbocycles. The van der Waals surface area contributed by atoms with Crippen LogP contribution >= 0.6 is 0 Å². The third-order valence-corrected chi connectivity index (χ3v) is 2.44. The summed E-state index contributed by atoms with van der Waals surface area (Å²) in [6.07, 6.45) is 2.86. The lowest BCUT2D eigenvalue weighted by molar-refractivity contribution is 0.0697. The third-order valence-electron chi connectivity index (χ3n) is 2.44. The summed E-state index contributed by atoms with van der Waals surface area (Å²) in [6.45, 7) is 0. The minimum atomic E-state index is -1.09. The van der Waals surface area contributed by atoms with Gasteiger partial charge in [0.1, 0.15) is 17.7 Å². The largest absolute Gasteiger partial charge is 0.477 e. The van der Waals surface area contributed by atoms with Gasteiger partial charge in [0.15, 0.2) is 0 Å². The van der Waals surface area contributed by atoms with Gasteiger partial charge in [-0.3, -0.25) is 0 Å². The van der Waals surface area contributed by atoms with Crippen LogP contribution in [0, 0.1) is 11.3 Å². The molecule has 0 saturated heterocycles. The first-order valence-corrected chi connectivity index (χ1v) is 5.47. The number of nitriles is 1. The van der Waals surface area contributed by atoms with Crippen LogP contribution in [0.5, 0.6) is 0 Å². The van der Waals surface area contributed by atoms with Gasteiger partial charge in [-0.2, -0.15) is 5.26 Å². The second-order valence-corrected chi connectivity index (χ2v) is 3.75. The molecule has 94 valence electrons. The van der Waals surface area contributed by atoms with Crippen LogP contribution < -0.4 is 5.32 Å². The van der Waals surface area contributed by atoms with Gasteiger partial charge in [-0.25, -0.2) is 14.8 Å². The van der Waals surface area contributed by atoms with Gasteiger partial charge in [-0.05, 0) is 17.7 Å². The van der Waals surface area contributed by atoms with E-state index in [0.717, 1.165) is 5.56 Å². The first-order valence-electron chi connectivity index (χ1n) is 5.47. The lowest BCUT2D eigenvalue weighted by Gasteiger charge is -2.08. The molecule has 2 rings (SSSR count). The predicted molar refractivity (Wildman–Crippen MR) is 68.0 cm³/mol. The van der Waals surface area contributed by atoms with E-state index in [2.05, 4.69) is 21.4 Å². The lowest BCUT2D eigenvalue weighted by Crippen LogP contribution is -2.05. The first kappa shape index (κ1) is 12.5. The summed E-state index contributed by atoms with van der Waals surface area (Å²) in [4.78, 5) is 18.6. The summed E-state index contributed by atoms with van der Waals surface area (Å²) in [5, 5.41) is 20.5. The van der Waals surface area contributed by atoms with Gasteiger partial charge < -0.3 is 10.4 Å². The Hall–Kier alpha value is -2.94. The van der Waals surface area contributed by atoms with Gasteiger partial charge in [-0.1, -0.05) is 12.1 Å². The molecule has 2 N–H and O–H groups in total. The Balaban J connectivity index is 2.22. The summed E-state index contributed by atoms with van der Waals surface area (Å²) in [5.41, 5.74) is 1.60. The maximum Gasteiger partial charge on any atom is 0.341 e. The van der Waals surface area contributed by atoms with E-state index in [1.54, 1.807) is 24.3 Å². The van der Waals surface area contributed by atoms with Gasteiger partial charge in [0.05, 0.1) is 12.5 Å². The smallest absolute Gasteiger partial charge is 0.341 e. The fraction of sp³-hybridized carbons (Fsp3) is 0.0769. The van der Waals surface area contributed by atoms with Crippen LogP contribution in [0.25, 0.3) is 0 Å². The highest BCUT2D eigenvalue weighted by atomic mass is 16.4. The SMILES string of the molecule is N#CCc1ccc(Nc2ncncc2C(=O)O)cc1. The van der Waals surface area contributed by atoms with Crippen LogP contribution in [0.3, 0.4) is 0 Å². The molecule has 1 heterocycles. The Morgan fingerprint density at radius 1 is 1.37 bits per heavy atom. The number of carbonyl (C=O) groups is 1. The highest BCUT2D eigenvalue weighted by Crippen LogP contribution is 2.18. The van der Waals surface area contributed by atoms with E-state index in [9.17, 15) is 4.79 Å². The standard InChI is InChI=1S/C13H10N4O2/c14-6-5-9-1-3-10(4-2-9)17-12-11(13(18)19)7-15-8-16-12/h1-4,7-8H,5H2,(H,18,19)(H,15,16,17). The number of hydrogen-bond donors (Lipinski definition) is 2. The zero-order valence-corrected chi connectivity index (χ0v) is 9.87. The van der Waals surface area contributed by atoms with Gasteiger partial charge in [0.2, 0.25) is 0 Å². The number of nitrogens with zero attached hydrogens (tertiary/aromatic N) is 3. The molecule has 0 aliphatic carbocycles. The van der Waals surface area contributed by atoms with Crippen molar-refractivity contribution in [2.24, 2.45) is 0 Å². The normalized spacial score (nSPS) is 9.63. The van der Waals surface area contributed by atoms with E-state index in [4.69, 9.17) is 10.4 Å². The number of carboxylic acids is 1. The van der Waals surface area contributed by atoms with Crippen molar-refractivity contribution in [2.75, 3.05) is 5.32 Å². The van der Waals surface area contributed by atoms with Crippen molar-refractivity contribution in [1.29, 1.82) is 5.26 Å². The number of hydrogen-bond acceptors (Lipinski definition) is 5. The van der Waals surface area contributed by atoms with Crippen molar-refractivity contribution < 1.29 is 9.90 Å². The third kappa shape index (κ3) is 3.04. The lowest BCUT2D eigenvalue weighted by atomic mass is 10.1. The highest BCUT2D eigenvalue weighted by molar-refractivity contribution is 5.93. The van der Waals surface area contributed by atoms with E-state index >= 15 is 0 Å². The molecule has 0 fully saturated rings. The summed E-state index contributed by atoms with van der Waals surface area (Å²) < 4.78 is 0. The summed E-state index contributed by atoms with van der Waals surface area (Å²) in [6, 6.07) is 9.18. The highest BCUT2D eigenvalue weighted by Gasteiger charge is 2.11. The van der Waals surface area contributed by atoms with Crippen LogP contribution in [0.4, 0.5) is 11.5 Å². The molecule has 0 aliphatic heterocycles. The molecule has 19 heavy (non-hydrogen) atoms. The molecule has 0 bridgehead atoms. The van der Waals surface area contributed by atoms with Crippen molar-refractivity contribution in [3.8, 4) is 6.07 Å². The number of benzene rings is 1. The molecular weight excluding hydrogens is 244 g/mol. The molecule has 0 amide bonds. The van der Waals surface area contributed by atoms with Gasteiger partial charge in [0.25, 0.3) is 0 Å². The maximum absolute atomic E-state index is 11.0. The molecule has 0 aliphatic rings. The fourth-order valence-electron chi connectivity index (χ4n) is 1.52. The molecule has 1 aromatic carbocycles. The number of aromatic nitrogens is 2. The molecule has 0 atom stereocenters. The van der Waals surface area contributed by atoms with Crippen LogP contribution in [0.15, 0.2) is 36.8 Å². The molecular formula is C13H10N4O2. The maximum atomic E-state index is 11.0. The molecule has 2 aromatic rings. The zero-order chi connectivity index (χ0) is 13.7. The Bertz CT molecular complexity index is 632. The van der Waals surface area contributed by atoms with E-state index in [1.165, 1.54) is 12.5 Å². The summed E-state index contributed by atoms with van der Waals surface area (Å²) in [7, 11) is 0. The van der Waals surface area contributed by atoms with Crippen LogP contribution in [0.2, 0.25) is 0 Å². The van der Waals surface area contributed by atoms with Crippen molar-refractivity contribution in [3.05, 3.63) is 47.9 Å². The fourth-order valence-corrected chi connectivity index (χ4v) is 1.52. The number of nitrogens with one attached hydrogen (secondary N) is 1. The molecule has 0 radical (unpaired) electrons. The molecule has 0 unspecified atom stereocenters. The molecule has 0 spiro atoms. The van der Waals surface area contributed by atoms with Crippen molar-refractivity contribution in [3.63, 3.8) is 0 Å². The minimum Gasteiger partial charge on any atom is -0.477 e. The average Bonchev–Trinajstić information content (AvgIpc) is 2.42. The average molecular weight is 254 g/mol.